The van der Waals surface area contributed by atoms with E-state index in [2.05, 4.69) is 0 Å². The molecule has 1 aliphatic rings. The maximum atomic E-state index is 12.8. The molecular weight excluding hydrogens is 363 g/mol. The number of carbonyl (C=O) groups excluding carboxylic acids is 2. The lowest BCUT2D eigenvalue weighted by Crippen LogP contribution is -2.46. The highest BCUT2D eigenvalue weighted by atomic mass is 19.4. The molecule has 0 aliphatic carbocycles. The van der Waals surface area contributed by atoms with Crippen LogP contribution in [0.3, 0.4) is 0 Å². The monoisotopic (exact) mass is 381 g/mol. The van der Waals surface area contributed by atoms with Crippen molar-refractivity contribution < 1.29 is 32.6 Å². The number of phenolic OH excluding ortho intramolecular Hbond substituents is 1. The minimum atomic E-state index is -4.35. The normalized spacial score (nSPS) is 17.7. The molecule has 0 aromatic heterocycles. The van der Waals surface area contributed by atoms with Gasteiger partial charge in [-0.15, -0.1) is 0 Å². The molecule has 0 spiro atoms. The standard InChI is InChI=1S/C19H18F3NO4/c20-19(21,22)14-6-3-7-23(10-14)17(25)11-27-18(26)15-8-12-4-1-2-5-13(12)9-16(15)24/h1-2,4-5,8-9,14,24H,3,6-7,10-11H2/t14-/m1/s1. The van der Waals surface area contributed by atoms with Crippen molar-refractivity contribution in [1.82, 2.24) is 4.90 Å². The van der Waals surface area contributed by atoms with Gasteiger partial charge in [0.25, 0.3) is 5.91 Å². The lowest BCUT2D eigenvalue weighted by molar-refractivity contribution is -0.188. The van der Waals surface area contributed by atoms with Crippen molar-refractivity contribution in [3.05, 3.63) is 42.0 Å². The first-order valence-corrected chi connectivity index (χ1v) is 8.49. The number of ether oxygens (including phenoxy) is 1. The number of fused-ring (bicyclic) bond motifs is 1. The summed E-state index contributed by atoms with van der Waals surface area (Å²) in [6.45, 7) is -0.902. The van der Waals surface area contributed by atoms with Crippen LogP contribution in [0.15, 0.2) is 36.4 Å². The maximum Gasteiger partial charge on any atom is 0.393 e. The first-order chi connectivity index (χ1) is 12.8. The van der Waals surface area contributed by atoms with Crippen LogP contribution in [0.5, 0.6) is 5.75 Å². The van der Waals surface area contributed by atoms with Gasteiger partial charge in [-0.05, 0) is 35.7 Å². The summed E-state index contributed by atoms with van der Waals surface area (Å²) < 4.78 is 43.4. The molecule has 1 heterocycles. The number of hydrogen-bond donors (Lipinski definition) is 1. The molecule has 1 saturated heterocycles. The highest BCUT2D eigenvalue weighted by Crippen LogP contribution is 2.33. The Kier molecular flexibility index (Phi) is 5.25. The number of phenols is 1. The van der Waals surface area contributed by atoms with E-state index in [9.17, 15) is 27.9 Å². The van der Waals surface area contributed by atoms with Gasteiger partial charge in [0.2, 0.25) is 0 Å². The van der Waals surface area contributed by atoms with Crippen LogP contribution in [0.1, 0.15) is 23.2 Å². The van der Waals surface area contributed by atoms with Gasteiger partial charge >= 0.3 is 12.1 Å². The summed E-state index contributed by atoms with van der Waals surface area (Å²) in [7, 11) is 0. The van der Waals surface area contributed by atoms with Crippen LogP contribution in [0.4, 0.5) is 13.2 Å². The fourth-order valence-electron chi connectivity index (χ4n) is 3.16. The number of benzene rings is 2. The Morgan fingerprint density at radius 1 is 1.19 bits per heavy atom. The molecule has 0 unspecified atom stereocenters. The van der Waals surface area contributed by atoms with Gasteiger partial charge in [-0.3, -0.25) is 4.79 Å². The van der Waals surface area contributed by atoms with E-state index in [1.165, 1.54) is 12.1 Å². The molecule has 1 fully saturated rings. The van der Waals surface area contributed by atoms with Crippen LogP contribution < -0.4 is 0 Å². The second-order valence-electron chi connectivity index (χ2n) is 6.51. The number of likely N-dealkylation sites (tertiary alicyclic amines) is 1. The Bertz CT molecular complexity index is 866. The van der Waals surface area contributed by atoms with E-state index in [1.807, 2.05) is 0 Å². The largest absolute Gasteiger partial charge is 0.507 e. The summed E-state index contributed by atoms with van der Waals surface area (Å²) in [5.41, 5.74) is -0.103. The number of nitrogens with zero attached hydrogens (tertiary/aromatic N) is 1. The molecule has 8 heteroatoms. The number of halogens is 3. The van der Waals surface area contributed by atoms with Gasteiger partial charge in [0.15, 0.2) is 6.61 Å². The third kappa shape index (κ3) is 4.32. The van der Waals surface area contributed by atoms with Crippen LogP contribution >= 0.6 is 0 Å². The van der Waals surface area contributed by atoms with E-state index in [0.717, 1.165) is 10.3 Å². The predicted molar refractivity (Wildman–Crippen MR) is 91.3 cm³/mol. The van der Waals surface area contributed by atoms with E-state index >= 15 is 0 Å². The zero-order chi connectivity index (χ0) is 19.6. The third-order valence-corrected chi connectivity index (χ3v) is 4.65. The van der Waals surface area contributed by atoms with Crippen molar-refractivity contribution >= 4 is 22.6 Å². The first kappa shape index (κ1) is 19.0. The van der Waals surface area contributed by atoms with Crippen LogP contribution in [-0.4, -0.2) is 47.8 Å². The highest BCUT2D eigenvalue weighted by Gasteiger charge is 2.42. The average Bonchev–Trinajstić information content (AvgIpc) is 2.64. The smallest absolute Gasteiger partial charge is 0.393 e. The van der Waals surface area contributed by atoms with Gasteiger partial charge in [0, 0.05) is 13.1 Å². The Labute approximate surface area is 153 Å². The molecule has 1 aliphatic heterocycles. The van der Waals surface area contributed by atoms with Crippen molar-refractivity contribution in [2.45, 2.75) is 19.0 Å². The minimum Gasteiger partial charge on any atom is -0.507 e. The summed E-state index contributed by atoms with van der Waals surface area (Å²) in [6.07, 6.45) is -4.13. The molecule has 27 heavy (non-hydrogen) atoms. The van der Waals surface area contributed by atoms with Crippen LogP contribution in [0, 0.1) is 5.92 Å². The first-order valence-electron chi connectivity index (χ1n) is 8.49. The lowest BCUT2D eigenvalue weighted by Gasteiger charge is -2.33. The Morgan fingerprint density at radius 3 is 2.52 bits per heavy atom. The van der Waals surface area contributed by atoms with E-state index in [-0.39, 0.29) is 30.7 Å². The summed E-state index contributed by atoms with van der Waals surface area (Å²) >= 11 is 0. The summed E-state index contributed by atoms with van der Waals surface area (Å²) in [6, 6.07) is 9.92. The number of aromatic hydroxyl groups is 1. The number of carbonyl (C=O) groups is 2. The number of amides is 1. The molecule has 5 nitrogen and oxygen atoms in total. The van der Waals surface area contributed by atoms with Gasteiger partial charge in [0.1, 0.15) is 11.3 Å². The van der Waals surface area contributed by atoms with Crippen LogP contribution in [0.25, 0.3) is 10.8 Å². The van der Waals surface area contributed by atoms with Gasteiger partial charge in [0.05, 0.1) is 5.92 Å². The summed E-state index contributed by atoms with van der Waals surface area (Å²) in [5, 5.41) is 11.4. The van der Waals surface area contributed by atoms with E-state index in [4.69, 9.17) is 4.74 Å². The van der Waals surface area contributed by atoms with E-state index < -0.39 is 37.1 Å². The van der Waals surface area contributed by atoms with Gasteiger partial charge in [-0.2, -0.15) is 13.2 Å². The highest BCUT2D eigenvalue weighted by molar-refractivity contribution is 5.99. The summed E-state index contributed by atoms with van der Waals surface area (Å²) in [4.78, 5) is 25.4. The number of alkyl halides is 3. The summed E-state index contributed by atoms with van der Waals surface area (Å²) in [5.74, 6) is -3.44. The second kappa shape index (κ2) is 7.46. The SMILES string of the molecule is O=C(OCC(=O)N1CCC[C@@H](C(F)(F)F)C1)c1cc2ccccc2cc1O. The van der Waals surface area contributed by atoms with Crippen LogP contribution in [-0.2, 0) is 9.53 Å². The Balaban J connectivity index is 1.63. The Hall–Kier alpha value is -2.77. The zero-order valence-corrected chi connectivity index (χ0v) is 14.3. The number of piperidine rings is 1. The number of hydrogen-bond acceptors (Lipinski definition) is 4. The van der Waals surface area contributed by atoms with Gasteiger partial charge in [-0.1, -0.05) is 24.3 Å². The number of rotatable bonds is 3. The number of esters is 1. The molecule has 0 bridgehead atoms. The third-order valence-electron chi connectivity index (χ3n) is 4.65. The van der Waals surface area contributed by atoms with Gasteiger partial charge in [-0.25, -0.2) is 4.79 Å². The molecule has 1 N–H and O–H groups in total. The molecule has 2 aromatic rings. The molecule has 144 valence electrons. The molecule has 1 amide bonds. The quantitative estimate of drug-likeness (QED) is 0.827. The van der Waals surface area contributed by atoms with Crippen LogP contribution in [0.2, 0.25) is 0 Å². The minimum absolute atomic E-state index is 0.0158. The Morgan fingerprint density at radius 2 is 1.85 bits per heavy atom. The maximum absolute atomic E-state index is 12.8. The average molecular weight is 381 g/mol. The predicted octanol–water partition coefficient (Wildman–Crippen LogP) is 3.50. The van der Waals surface area contributed by atoms with E-state index in [1.54, 1.807) is 24.3 Å². The second-order valence-corrected chi connectivity index (χ2v) is 6.51. The zero-order valence-electron chi connectivity index (χ0n) is 14.3. The molecule has 0 radical (unpaired) electrons. The van der Waals surface area contributed by atoms with Crippen molar-refractivity contribution in [3.63, 3.8) is 0 Å². The molecule has 2 aromatic carbocycles. The van der Waals surface area contributed by atoms with Crippen molar-refractivity contribution in [2.24, 2.45) is 5.92 Å². The van der Waals surface area contributed by atoms with E-state index in [0.29, 0.717) is 5.39 Å². The molecule has 1 atom stereocenters. The topological polar surface area (TPSA) is 66.8 Å². The van der Waals surface area contributed by atoms with Crippen molar-refractivity contribution in [2.75, 3.05) is 19.7 Å². The molecule has 3 rings (SSSR count). The molecule has 0 saturated carbocycles. The van der Waals surface area contributed by atoms with Crippen molar-refractivity contribution in [1.29, 1.82) is 0 Å². The van der Waals surface area contributed by atoms with Gasteiger partial charge < -0.3 is 14.7 Å². The fraction of sp³-hybridized carbons (Fsp3) is 0.368. The molecular formula is C19H18F3NO4. The fourth-order valence-corrected chi connectivity index (χ4v) is 3.16. The van der Waals surface area contributed by atoms with Crippen molar-refractivity contribution in [3.8, 4) is 5.75 Å². The lowest BCUT2D eigenvalue weighted by atomic mass is 9.97.